The molecule has 9 nitrogen and oxygen atoms in total. The number of aromatic nitrogens is 6. The van der Waals surface area contributed by atoms with Crippen LogP contribution in [0.3, 0.4) is 0 Å². The molecular formula is C21H17N9. The van der Waals surface area contributed by atoms with Gasteiger partial charge in [0.1, 0.15) is 11.5 Å². The van der Waals surface area contributed by atoms with E-state index in [0.29, 0.717) is 24.4 Å². The van der Waals surface area contributed by atoms with Gasteiger partial charge in [-0.1, -0.05) is 6.07 Å². The van der Waals surface area contributed by atoms with Crippen molar-refractivity contribution in [3.8, 4) is 34.5 Å². The Bertz CT molecular complexity index is 1330. The van der Waals surface area contributed by atoms with Gasteiger partial charge in [-0.2, -0.15) is 30.6 Å². The number of hydrogen-bond donors (Lipinski definition) is 2. The number of nitriles is 2. The zero-order valence-corrected chi connectivity index (χ0v) is 15.9. The third-order valence-electron chi connectivity index (χ3n) is 5.74. The molecule has 5 rings (SSSR count). The maximum atomic E-state index is 9.29. The monoisotopic (exact) mass is 395 g/mol. The molecule has 0 bridgehead atoms. The Balaban J connectivity index is 1.63. The Hall–Kier alpha value is -4.24. The summed E-state index contributed by atoms with van der Waals surface area (Å²) in [4.78, 5) is 6.11. The van der Waals surface area contributed by atoms with Crippen LogP contribution >= 0.6 is 0 Å². The highest BCUT2D eigenvalue weighted by Gasteiger charge is 2.48. The summed E-state index contributed by atoms with van der Waals surface area (Å²) in [5.74, 6) is 0.412. The number of anilines is 1. The van der Waals surface area contributed by atoms with E-state index in [0.717, 1.165) is 27.6 Å². The largest absolute Gasteiger partial charge is 0.384 e. The van der Waals surface area contributed by atoms with E-state index < -0.39 is 5.54 Å². The number of rotatable bonds is 4. The SMILES string of the molecule is N#CC[C@]1(n2ncc(-c3cc(-c4cn[nH]c4N)cc4ncccc34)n2)C[C@@H](C#N)C1. The Labute approximate surface area is 171 Å². The van der Waals surface area contributed by atoms with Gasteiger partial charge in [0.15, 0.2) is 0 Å². The molecule has 0 radical (unpaired) electrons. The molecule has 3 aromatic heterocycles. The van der Waals surface area contributed by atoms with Crippen LogP contribution in [0.25, 0.3) is 33.3 Å². The molecule has 0 unspecified atom stereocenters. The normalized spacial score (nSPS) is 20.4. The zero-order valence-electron chi connectivity index (χ0n) is 15.9. The van der Waals surface area contributed by atoms with E-state index in [9.17, 15) is 10.5 Å². The number of aromatic amines is 1. The maximum Gasteiger partial charge on any atom is 0.126 e. The molecule has 9 heteroatoms. The number of benzene rings is 1. The first-order valence-electron chi connectivity index (χ1n) is 9.51. The second-order valence-corrected chi connectivity index (χ2v) is 7.60. The van der Waals surface area contributed by atoms with Crippen molar-refractivity contribution in [2.45, 2.75) is 24.8 Å². The molecule has 146 valence electrons. The molecule has 0 saturated heterocycles. The van der Waals surface area contributed by atoms with Crippen LogP contribution in [0.15, 0.2) is 42.9 Å². The molecular weight excluding hydrogens is 378 g/mol. The summed E-state index contributed by atoms with van der Waals surface area (Å²) in [7, 11) is 0. The van der Waals surface area contributed by atoms with Gasteiger partial charge in [0.05, 0.1) is 47.9 Å². The van der Waals surface area contributed by atoms with Crippen LogP contribution in [-0.2, 0) is 5.54 Å². The minimum absolute atomic E-state index is 0.0646. The van der Waals surface area contributed by atoms with Crippen molar-refractivity contribution < 1.29 is 0 Å². The number of pyridine rings is 1. The third-order valence-corrected chi connectivity index (χ3v) is 5.74. The molecule has 0 amide bonds. The summed E-state index contributed by atoms with van der Waals surface area (Å²) in [6, 6.07) is 12.3. The van der Waals surface area contributed by atoms with E-state index in [-0.39, 0.29) is 12.3 Å². The van der Waals surface area contributed by atoms with E-state index >= 15 is 0 Å². The highest BCUT2D eigenvalue weighted by atomic mass is 15.5. The predicted molar refractivity (Wildman–Crippen MR) is 109 cm³/mol. The third kappa shape index (κ3) is 2.68. The van der Waals surface area contributed by atoms with Gasteiger partial charge in [-0.15, -0.1) is 0 Å². The minimum Gasteiger partial charge on any atom is -0.384 e. The fraction of sp³-hybridized carbons (Fsp3) is 0.238. The van der Waals surface area contributed by atoms with E-state index in [1.807, 2.05) is 24.3 Å². The van der Waals surface area contributed by atoms with Gasteiger partial charge in [0, 0.05) is 22.7 Å². The van der Waals surface area contributed by atoms with Gasteiger partial charge >= 0.3 is 0 Å². The van der Waals surface area contributed by atoms with E-state index in [4.69, 9.17) is 10.8 Å². The van der Waals surface area contributed by atoms with Crippen molar-refractivity contribution in [1.82, 2.24) is 30.2 Å². The molecule has 1 fully saturated rings. The zero-order chi connectivity index (χ0) is 20.7. The van der Waals surface area contributed by atoms with Crippen molar-refractivity contribution in [1.29, 1.82) is 10.5 Å². The Morgan fingerprint density at radius 2 is 2.10 bits per heavy atom. The van der Waals surface area contributed by atoms with Gasteiger partial charge in [0.25, 0.3) is 0 Å². The number of nitrogens with zero attached hydrogens (tertiary/aromatic N) is 7. The first kappa shape index (κ1) is 17.8. The number of nitrogen functional groups attached to an aromatic ring is 1. The number of fused-ring (bicyclic) bond motifs is 1. The molecule has 1 aromatic carbocycles. The number of H-pyrrole nitrogens is 1. The predicted octanol–water partition coefficient (Wildman–Crippen LogP) is 3.01. The second-order valence-electron chi connectivity index (χ2n) is 7.60. The molecule has 30 heavy (non-hydrogen) atoms. The van der Waals surface area contributed by atoms with Gasteiger partial charge < -0.3 is 5.73 Å². The smallest absolute Gasteiger partial charge is 0.126 e. The molecule has 3 heterocycles. The summed E-state index contributed by atoms with van der Waals surface area (Å²) in [6.45, 7) is 0. The number of nitrogens with one attached hydrogen (secondary N) is 1. The van der Waals surface area contributed by atoms with Crippen LogP contribution in [0.1, 0.15) is 19.3 Å². The number of nitrogens with two attached hydrogens (primary N) is 1. The van der Waals surface area contributed by atoms with Crippen LogP contribution < -0.4 is 5.73 Å². The van der Waals surface area contributed by atoms with Crippen molar-refractivity contribution in [3.05, 3.63) is 42.9 Å². The second kappa shape index (κ2) is 6.68. The first-order chi connectivity index (χ1) is 14.6. The average Bonchev–Trinajstić information content (AvgIpc) is 3.39. The standard InChI is InChI=1S/C21H17N9/c22-4-3-21(8-13(9-21)10-23)30-27-12-19(29-30)16-6-14(17-11-26-28-20(17)24)7-18-15(16)2-1-5-25-18/h1-2,5-7,11-13H,3,8-9H2,(H3,24,26,28)/t13-,21+. The summed E-state index contributed by atoms with van der Waals surface area (Å²) in [5, 5.41) is 35.4. The summed E-state index contributed by atoms with van der Waals surface area (Å²) < 4.78 is 0. The van der Waals surface area contributed by atoms with Gasteiger partial charge in [0.2, 0.25) is 0 Å². The fourth-order valence-corrected chi connectivity index (χ4v) is 4.17. The highest BCUT2D eigenvalue weighted by molar-refractivity contribution is 5.97. The maximum absolute atomic E-state index is 9.29. The van der Waals surface area contributed by atoms with Crippen molar-refractivity contribution in [2.75, 3.05) is 5.73 Å². The molecule has 0 spiro atoms. The summed E-state index contributed by atoms with van der Waals surface area (Å²) in [6.07, 6.45) is 6.55. The van der Waals surface area contributed by atoms with Crippen LogP contribution in [0.2, 0.25) is 0 Å². The van der Waals surface area contributed by atoms with Gasteiger partial charge in [-0.25, -0.2) is 0 Å². The lowest BCUT2D eigenvalue weighted by Crippen LogP contribution is -2.47. The lowest BCUT2D eigenvalue weighted by molar-refractivity contribution is 0.0713. The molecule has 1 aliphatic rings. The molecule has 3 N–H and O–H groups in total. The molecule has 1 saturated carbocycles. The molecule has 0 aliphatic heterocycles. The lowest BCUT2D eigenvalue weighted by Gasteiger charge is -2.42. The van der Waals surface area contributed by atoms with Crippen molar-refractivity contribution in [3.63, 3.8) is 0 Å². The fourth-order valence-electron chi connectivity index (χ4n) is 4.17. The van der Waals surface area contributed by atoms with E-state index in [2.05, 4.69) is 32.4 Å². The van der Waals surface area contributed by atoms with Crippen LogP contribution in [-0.4, -0.2) is 30.2 Å². The van der Waals surface area contributed by atoms with Gasteiger partial charge in [-0.3, -0.25) is 10.1 Å². The molecule has 0 atom stereocenters. The molecule has 4 aromatic rings. The Morgan fingerprint density at radius 1 is 1.23 bits per heavy atom. The quantitative estimate of drug-likeness (QED) is 0.540. The summed E-state index contributed by atoms with van der Waals surface area (Å²) >= 11 is 0. The van der Waals surface area contributed by atoms with Crippen molar-refractivity contribution in [2.24, 2.45) is 5.92 Å². The summed E-state index contributed by atoms with van der Waals surface area (Å²) in [5.41, 5.74) is 9.51. The topological polar surface area (TPSA) is 146 Å². The van der Waals surface area contributed by atoms with Crippen LogP contribution in [0.4, 0.5) is 5.82 Å². The minimum atomic E-state index is -0.520. The van der Waals surface area contributed by atoms with E-state index in [1.165, 1.54) is 0 Å². The van der Waals surface area contributed by atoms with Crippen LogP contribution in [0, 0.1) is 28.6 Å². The van der Waals surface area contributed by atoms with Crippen LogP contribution in [0.5, 0.6) is 0 Å². The average molecular weight is 395 g/mol. The lowest BCUT2D eigenvalue weighted by atomic mass is 9.68. The Morgan fingerprint density at radius 3 is 2.83 bits per heavy atom. The van der Waals surface area contributed by atoms with Crippen molar-refractivity contribution >= 4 is 16.7 Å². The van der Waals surface area contributed by atoms with E-state index in [1.54, 1.807) is 23.4 Å². The highest BCUT2D eigenvalue weighted by Crippen LogP contribution is 2.45. The van der Waals surface area contributed by atoms with Gasteiger partial charge in [-0.05, 0) is 36.6 Å². The molecule has 1 aliphatic carbocycles. The first-order valence-corrected chi connectivity index (χ1v) is 9.51. The Kier molecular flexibility index (Phi) is 3.97. The number of hydrogen-bond acceptors (Lipinski definition) is 7.